The Labute approximate surface area is 436 Å². The molecule has 11 aromatic rings. The van der Waals surface area contributed by atoms with Gasteiger partial charge in [0, 0.05) is 36.8 Å². The molecule has 1 radical (unpaired) electrons. The minimum atomic E-state index is -1.91. The number of fused-ring (bicyclic) bond motifs is 7. The molecule has 0 amide bonds. The van der Waals surface area contributed by atoms with E-state index in [0.29, 0.717) is 5.56 Å². The van der Waals surface area contributed by atoms with Crippen molar-refractivity contribution in [3.8, 4) is 45.5 Å². The van der Waals surface area contributed by atoms with Gasteiger partial charge in [-0.2, -0.15) is 16.6 Å². The first-order valence-electron chi connectivity index (χ1n) is 24.0. The molecule has 0 aliphatic heterocycles. The predicted octanol–water partition coefficient (Wildman–Crippen LogP) is 17.1. The molecule has 4 heterocycles. The van der Waals surface area contributed by atoms with Crippen molar-refractivity contribution in [1.82, 2.24) is 14.5 Å². The molecule has 0 fully saturated rings. The van der Waals surface area contributed by atoms with E-state index in [4.69, 9.17) is 9.40 Å². The van der Waals surface area contributed by atoms with E-state index in [1.165, 1.54) is 38.8 Å². The second kappa shape index (κ2) is 19.4. The van der Waals surface area contributed by atoms with Gasteiger partial charge in [-0.15, -0.1) is 48.0 Å². The van der Waals surface area contributed by atoms with Crippen molar-refractivity contribution < 1.29 is 28.9 Å². The molecule has 0 bridgehead atoms. The number of hydrogen-bond acceptors (Lipinski definition) is 5. The smallest absolute Gasteiger partial charge is 0.277 e. The minimum Gasteiger partial charge on any atom is -0.277 e. The standard InChI is InChI=1S/C47H40GeN3OS.C15H15FN.Ir/c1-27(2)37-25-38-33-22-18-31(30-16-19-32(20-17-30)48(5,6)7)24-41(33)52-45(38)43(28(3)4)44(37)51-40-14-9-8-13-39(40)50-47(51)36-12-10-11-35-34-21-15-29(26-49)23-42(34)53-46(35)36;1-15(2,3)12-6-9-14(17-10-12)11-4-7-13(16)8-5-11;/h8-11,13-25,27-28H,1-7H3;4,6-10H,1-3H3;/q2*-1;. The van der Waals surface area contributed by atoms with Crippen LogP contribution in [0.1, 0.15) is 82.6 Å². The topological polar surface area (TPSA) is 67.6 Å². The zero-order valence-electron chi connectivity index (χ0n) is 41.8. The van der Waals surface area contributed by atoms with Crippen molar-refractivity contribution in [2.45, 2.75) is 83.0 Å². The van der Waals surface area contributed by atoms with E-state index < -0.39 is 13.3 Å². The van der Waals surface area contributed by atoms with Crippen LogP contribution in [-0.2, 0) is 25.5 Å². The van der Waals surface area contributed by atoms with Crippen LogP contribution in [0, 0.1) is 29.3 Å². The molecule has 0 atom stereocenters. The van der Waals surface area contributed by atoms with Crippen LogP contribution in [0.2, 0.25) is 17.3 Å². The molecular formula is C62H55FGeIrN4OS-2. The SMILES string of the molecule is CC(C)(C)c1ccc(-c2[c-]cc(F)cc2)nc1.CC(C)c1cc2c(oc3cc(-c4cc[c]([Ge]([CH3])([CH3])[CH3])cc4)ccc32)c(C(C)C)c1-n1c(-c2[c-]ccc3c2sc2cc(C#N)ccc23)nc2ccccc21.[Ir]. The summed E-state index contributed by atoms with van der Waals surface area (Å²) in [4.78, 5) is 9.75. The summed E-state index contributed by atoms with van der Waals surface area (Å²) in [6.07, 6.45) is 1.87. The molecular weight excluding hydrogens is 1130 g/mol. The van der Waals surface area contributed by atoms with Crippen molar-refractivity contribution in [3.63, 3.8) is 0 Å². The molecule has 7 aromatic carbocycles. The third-order valence-electron chi connectivity index (χ3n) is 13.3. The van der Waals surface area contributed by atoms with Crippen molar-refractivity contribution in [1.29, 1.82) is 5.26 Å². The van der Waals surface area contributed by atoms with Gasteiger partial charge in [0.2, 0.25) is 0 Å². The molecule has 11 rings (SSSR count). The van der Waals surface area contributed by atoms with Crippen LogP contribution in [0.5, 0.6) is 0 Å². The summed E-state index contributed by atoms with van der Waals surface area (Å²) in [5, 5.41) is 14.2. The van der Waals surface area contributed by atoms with Gasteiger partial charge < -0.3 is 4.98 Å². The van der Waals surface area contributed by atoms with Crippen LogP contribution in [0.3, 0.4) is 0 Å². The summed E-state index contributed by atoms with van der Waals surface area (Å²) in [5.74, 6) is 8.27. The number of furan rings is 1. The van der Waals surface area contributed by atoms with Gasteiger partial charge in [-0.05, 0) is 51.0 Å². The average Bonchev–Trinajstić information content (AvgIpc) is 4.04. The molecule has 0 saturated carbocycles. The Hall–Kier alpha value is -6.21. The maximum atomic E-state index is 12.8. The first-order valence-corrected chi connectivity index (χ1v) is 32.2. The van der Waals surface area contributed by atoms with Crippen LogP contribution in [0.4, 0.5) is 4.39 Å². The number of benzene rings is 7. The number of nitrogens with zero attached hydrogens (tertiary/aromatic N) is 4. The van der Waals surface area contributed by atoms with E-state index in [0.717, 1.165) is 87.0 Å². The summed E-state index contributed by atoms with van der Waals surface area (Å²) in [6.45, 7) is 15.5. The molecule has 0 saturated heterocycles. The third kappa shape index (κ3) is 9.42. The van der Waals surface area contributed by atoms with E-state index in [2.05, 4.69) is 184 Å². The number of hydrogen-bond donors (Lipinski definition) is 0. The predicted molar refractivity (Wildman–Crippen MR) is 294 cm³/mol. The monoisotopic (exact) mass is 1190 g/mol. The van der Waals surface area contributed by atoms with Crippen LogP contribution < -0.4 is 4.40 Å². The third-order valence-corrected chi connectivity index (χ3v) is 18.9. The number of pyridine rings is 1. The van der Waals surface area contributed by atoms with E-state index in [-0.39, 0.29) is 43.2 Å². The Balaban J connectivity index is 0.000000294. The molecule has 357 valence electrons. The quantitative estimate of drug-likeness (QED) is 0.118. The van der Waals surface area contributed by atoms with Gasteiger partial charge in [0.1, 0.15) is 0 Å². The minimum absolute atomic E-state index is 0. The summed E-state index contributed by atoms with van der Waals surface area (Å²) in [6, 6.07) is 54.0. The second-order valence-electron chi connectivity index (χ2n) is 20.9. The van der Waals surface area contributed by atoms with E-state index in [1.54, 1.807) is 17.4 Å². The summed E-state index contributed by atoms with van der Waals surface area (Å²) in [7, 11) is 0. The number of nitriles is 1. The van der Waals surface area contributed by atoms with Gasteiger partial charge in [0.25, 0.3) is 0 Å². The van der Waals surface area contributed by atoms with Gasteiger partial charge in [-0.1, -0.05) is 75.9 Å². The first kappa shape index (κ1) is 49.8. The van der Waals surface area contributed by atoms with Crippen molar-refractivity contribution in [3.05, 3.63) is 180 Å². The van der Waals surface area contributed by atoms with Crippen LogP contribution in [0.15, 0.2) is 144 Å². The van der Waals surface area contributed by atoms with Crippen LogP contribution in [-0.4, -0.2) is 27.8 Å². The fourth-order valence-electron chi connectivity index (χ4n) is 9.47. The zero-order valence-corrected chi connectivity index (χ0v) is 47.1. The fourth-order valence-corrected chi connectivity index (χ4v) is 13.2. The van der Waals surface area contributed by atoms with Crippen molar-refractivity contribution in [2.75, 3.05) is 0 Å². The number of aromatic nitrogens is 3. The average molecular weight is 1190 g/mol. The molecule has 9 heteroatoms. The number of para-hydroxylation sites is 2. The van der Waals surface area contributed by atoms with Gasteiger partial charge in [-0.25, -0.2) is 0 Å². The fraction of sp³-hybridized carbons (Fsp3) is 0.210. The van der Waals surface area contributed by atoms with Gasteiger partial charge in [0.05, 0.1) is 28.5 Å². The molecule has 5 nitrogen and oxygen atoms in total. The molecule has 71 heavy (non-hydrogen) atoms. The Morgan fingerprint density at radius 1 is 0.775 bits per heavy atom. The maximum absolute atomic E-state index is 12.8. The number of thiophene rings is 1. The summed E-state index contributed by atoms with van der Waals surface area (Å²) >= 11 is -0.208. The molecule has 0 aliphatic carbocycles. The molecule has 0 N–H and O–H groups in total. The molecule has 0 aliphatic rings. The summed E-state index contributed by atoms with van der Waals surface area (Å²) in [5.41, 5.74) is 14.3. The zero-order chi connectivity index (χ0) is 49.2. The molecule has 4 aromatic heterocycles. The van der Waals surface area contributed by atoms with Crippen molar-refractivity contribution in [2.24, 2.45) is 0 Å². The number of imidazole rings is 1. The van der Waals surface area contributed by atoms with Crippen LogP contribution >= 0.6 is 11.3 Å². The molecule has 0 spiro atoms. The normalized spacial score (nSPS) is 12.0. The van der Waals surface area contributed by atoms with Gasteiger partial charge in [0.15, 0.2) is 0 Å². The Bertz CT molecular complexity index is 3810. The molecule has 0 unspecified atom stereocenters. The van der Waals surface area contributed by atoms with Crippen molar-refractivity contribution >= 4 is 82.1 Å². The second-order valence-corrected chi connectivity index (χ2v) is 32.6. The van der Waals surface area contributed by atoms with Crippen LogP contribution in [0.25, 0.3) is 92.6 Å². The Kier molecular flexibility index (Phi) is 13.6. The first-order chi connectivity index (χ1) is 33.5. The number of rotatable bonds is 7. The van der Waals surface area contributed by atoms with E-state index in [1.807, 2.05) is 30.5 Å². The van der Waals surface area contributed by atoms with E-state index in [9.17, 15) is 9.65 Å². The Morgan fingerprint density at radius 3 is 2.18 bits per heavy atom. The van der Waals surface area contributed by atoms with Gasteiger partial charge in [-0.3, -0.25) is 9.37 Å². The van der Waals surface area contributed by atoms with E-state index >= 15 is 0 Å². The summed E-state index contributed by atoms with van der Waals surface area (Å²) < 4.78 is 25.8. The van der Waals surface area contributed by atoms with Gasteiger partial charge >= 0.3 is 168 Å². The Morgan fingerprint density at radius 2 is 1.52 bits per heavy atom. The number of halogens is 1.